The van der Waals surface area contributed by atoms with Crippen LogP contribution < -0.4 is 11.1 Å². The minimum Gasteiger partial charge on any atom is -0.398 e. The topological polar surface area (TPSA) is 55.1 Å². The van der Waals surface area contributed by atoms with Gasteiger partial charge in [-0.25, -0.2) is 4.39 Å². The first kappa shape index (κ1) is 13.5. The lowest BCUT2D eigenvalue weighted by molar-refractivity contribution is 0.102. The average Bonchev–Trinajstić information content (AvgIpc) is 2.38. The van der Waals surface area contributed by atoms with Crippen LogP contribution in [-0.2, 0) is 0 Å². The van der Waals surface area contributed by atoms with Crippen molar-refractivity contribution < 1.29 is 9.18 Å². The third-order valence-electron chi connectivity index (χ3n) is 2.79. The number of nitrogens with one attached hydrogen (secondary N) is 1. The summed E-state index contributed by atoms with van der Waals surface area (Å²) in [6, 6.07) is 9.57. The van der Waals surface area contributed by atoms with Crippen LogP contribution in [0, 0.1) is 12.7 Å². The maximum atomic E-state index is 13.4. The van der Waals surface area contributed by atoms with Gasteiger partial charge in [-0.2, -0.15) is 0 Å². The molecule has 0 aliphatic carbocycles. The van der Waals surface area contributed by atoms with Crippen molar-refractivity contribution in [2.45, 2.75) is 6.92 Å². The molecule has 5 heteroatoms. The summed E-state index contributed by atoms with van der Waals surface area (Å²) in [5.41, 5.74) is 7.44. The summed E-state index contributed by atoms with van der Waals surface area (Å²) in [5, 5.41) is 2.67. The van der Waals surface area contributed by atoms with Crippen molar-refractivity contribution in [1.82, 2.24) is 0 Å². The van der Waals surface area contributed by atoms with Crippen molar-refractivity contribution in [2.24, 2.45) is 0 Å². The van der Waals surface area contributed by atoms with E-state index < -0.39 is 0 Å². The number of halogens is 2. The van der Waals surface area contributed by atoms with E-state index in [1.165, 1.54) is 6.07 Å². The third-order valence-corrected chi connectivity index (χ3v) is 3.67. The molecule has 0 fully saturated rings. The molecule has 0 spiro atoms. The number of rotatable bonds is 2. The predicted molar refractivity (Wildman–Crippen MR) is 77.6 cm³/mol. The minimum atomic E-state index is -0.357. The fourth-order valence-electron chi connectivity index (χ4n) is 1.66. The smallest absolute Gasteiger partial charge is 0.256 e. The summed E-state index contributed by atoms with van der Waals surface area (Å²) in [5.74, 6) is -0.697. The van der Waals surface area contributed by atoms with Gasteiger partial charge in [-0.05, 0) is 47.1 Å². The lowest BCUT2D eigenvalue weighted by atomic mass is 10.1. The second-order valence-corrected chi connectivity index (χ2v) is 4.87. The fraction of sp³-hybridized carbons (Fsp3) is 0.0714. The van der Waals surface area contributed by atoms with Crippen LogP contribution in [0.4, 0.5) is 15.8 Å². The Bertz CT molecular complexity index is 643. The number of hydrogen-bond donors (Lipinski definition) is 2. The van der Waals surface area contributed by atoms with Crippen molar-refractivity contribution >= 4 is 33.2 Å². The van der Waals surface area contributed by atoms with Crippen molar-refractivity contribution in [3.05, 3.63) is 57.8 Å². The Morgan fingerprint density at radius 1 is 1.26 bits per heavy atom. The lowest BCUT2D eigenvalue weighted by Crippen LogP contribution is -2.14. The Hall–Kier alpha value is -1.88. The molecule has 0 saturated heterocycles. The number of anilines is 2. The number of nitrogens with two attached hydrogens (primary N) is 1. The molecule has 2 rings (SSSR count). The SMILES string of the molecule is Cc1c(F)cccc1NC(=O)c1cccc(N)c1Br. The van der Waals surface area contributed by atoms with E-state index in [1.54, 1.807) is 37.3 Å². The Labute approximate surface area is 118 Å². The zero-order chi connectivity index (χ0) is 14.0. The monoisotopic (exact) mass is 322 g/mol. The molecule has 98 valence electrons. The number of nitrogen functional groups attached to an aromatic ring is 1. The summed E-state index contributed by atoms with van der Waals surface area (Å²) in [6.07, 6.45) is 0. The van der Waals surface area contributed by atoms with E-state index in [2.05, 4.69) is 21.2 Å². The van der Waals surface area contributed by atoms with Gasteiger partial charge in [0.25, 0.3) is 5.91 Å². The summed E-state index contributed by atoms with van der Waals surface area (Å²) < 4.78 is 13.9. The summed E-state index contributed by atoms with van der Waals surface area (Å²) in [7, 11) is 0. The largest absolute Gasteiger partial charge is 0.398 e. The Morgan fingerprint density at radius 2 is 1.95 bits per heavy atom. The van der Waals surface area contributed by atoms with Crippen LogP contribution in [0.1, 0.15) is 15.9 Å². The summed E-state index contributed by atoms with van der Waals surface area (Å²) >= 11 is 3.27. The molecule has 3 nitrogen and oxygen atoms in total. The van der Waals surface area contributed by atoms with Gasteiger partial charge in [-0.3, -0.25) is 4.79 Å². The van der Waals surface area contributed by atoms with Crippen LogP contribution in [0.25, 0.3) is 0 Å². The zero-order valence-electron chi connectivity index (χ0n) is 10.2. The molecule has 0 atom stereocenters. The van der Waals surface area contributed by atoms with Gasteiger partial charge in [0.1, 0.15) is 5.82 Å². The molecule has 1 amide bonds. The highest BCUT2D eigenvalue weighted by atomic mass is 79.9. The number of carbonyl (C=O) groups is 1. The third kappa shape index (κ3) is 2.76. The Balaban J connectivity index is 2.31. The van der Waals surface area contributed by atoms with Crippen molar-refractivity contribution in [3.8, 4) is 0 Å². The molecule has 19 heavy (non-hydrogen) atoms. The average molecular weight is 323 g/mol. The van der Waals surface area contributed by atoms with E-state index in [4.69, 9.17) is 5.73 Å². The molecule has 0 aliphatic heterocycles. The van der Waals surface area contributed by atoms with E-state index in [0.717, 1.165) is 0 Å². The molecule has 0 aliphatic rings. The molecule has 0 saturated carbocycles. The highest BCUT2D eigenvalue weighted by molar-refractivity contribution is 9.10. The number of carbonyl (C=O) groups excluding carboxylic acids is 1. The van der Waals surface area contributed by atoms with Crippen molar-refractivity contribution in [1.29, 1.82) is 0 Å². The first-order valence-electron chi connectivity index (χ1n) is 5.61. The first-order valence-corrected chi connectivity index (χ1v) is 6.40. The van der Waals surface area contributed by atoms with Crippen LogP contribution in [0.2, 0.25) is 0 Å². The molecule has 0 unspecified atom stereocenters. The lowest BCUT2D eigenvalue weighted by Gasteiger charge is -2.10. The van der Waals surface area contributed by atoms with Gasteiger partial charge in [-0.15, -0.1) is 0 Å². The Morgan fingerprint density at radius 3 is 2.68 bits per heavy atom. The molecule has 2 aromatic carbocycles. The predicted octanol–water partition coefficient (Wildman–Crippen LogP) is 3.73. The van der Waals surface area contributed by atoms with E-state index in [-0.39, 0.29) is 11.7 Å². The minimum absolute atomic E-state index is 0.340. The number of amides is 1. The van der Waals surface area contributed by atoms with E-state index in [9.17, 15) is 9.18 Å². The van der Waals surface area contributed by atoms with Gasteiger partial charge in [0.05, 0.1) is 10.0 Å². The van der Waals surface area contributed by atoms with Gasteiger partial charge in [0.2, 0.25) is 0 Å². The molecule has 0 bridgehead atoms. The van der Waals surface area contributed by atoms with Crippen LogP contribution in [0.5, 0.6) is 0 Å². The van der Waals surface area contributed by atoms with Crippen molar-refractivity contribution in [3.63, 3.8) is 0 Å². The van der Waals surface area contributed by atoms with Crippen LogP contribution in [0.3, 0.4) is 0 Å². The van der Waals surface area contributed by atoms with Gasteiger partial charge in [-0.1, -0.05) is 12.1 Å². The maximum absolute atomic E-state index is 13.4. The van der Waals surface area contributed by atoms with Gasteiger partial charge >= 0.3 is 0 Å². The highest BCUT2D eigenvalue weighted by Crippen LogP contribution is 2.25. The molecule has 2 aromatic rings. The number of benzene rings is 2. The van der Waals surface area contributed by atoms with Crippen LogP contribution >= 0.6 is 15.9 Å². The van der Waals surface area contributed by atoms with E-state index >= 15 is 0 Å². The highest BCUT2D eigenvalue weighted by Gasteiger charge is 2.13. The first-order chi connectivity index (χ1) is 9.00. The molecule has 0 aromatic heterocycles. The van der Waals surface area contributed by atoms with E-state index in [0.29, 0.717) is 27.0 Å². The summed E-state index contributed by atoms with van der Waals surface area (Å²) in [6.45, 7) is 1.61. The molecular formula is C14H12BrFN2O. The van der Waals surface area contributed by atoms with Gasteiger partial charge in [0.15, 0.2) is 0 Å². The maximum Gasteiger partial charge on any atom is 0.256 e. The van der Waals surface area contributed by atoms with Crippen molar-refractivity contribution in [2.75, 3.05) is 11.1 Å². The van der Waals surface area contributed by atoms with E-state index in [1.807, 2.05) is 0 Å². The van der Waals surface area contributed by atoms with Crippen LogP contribution in [-0.4, -0.2) is 5.91 Å². The fourth-order valence-corrected chi connectivity index (χ4v) is 2.10. The van der Waals surface area contributed by atoms with Gasteiger partial charge < -0.3 is 11.1 Å². The normalized spacial score (nSPS) is 10.3. The molecule has 0 heterocycles. The second kappa shape index (κ2) is 5.40. The zero-order valence-corrected chi connectivity index (χ0v) is 11.8. The second-order valence-electron chi connectivity index (χ2n) is 4.08. The van der Waals surface area contributed by atoms with Gasteiger partial charge in [0, 0.05) is 16.9 Å². The number of hydrogen-bond acceptors (Lipinski definition) is 2. The Kier molecular flexibility index (Phi) is 3.85. The quantitative estimate of drug-likeness (QED) is 0.828. The molecular weight excluding hydrogens is 311 g/mol. The molecule has 0 radical (unpaired) electrons. The summed E-state index contributed by atoms with van der Waals surface area (Å²) in [4.78, 5) is 12.1. The molecule has 3 N–H and O–H groups in total. The standard InChI is InChI=1S/C14H12BrFN2O/c1-8-10(16)5-3-7-12(8)18-14(19)9-4-2-6-11(17)13(9)15/h2-7H,17H2,1H3,(H,18,19). The van der Waals surface area contributed by atoms with Crippen LogP contribution in [0.15, 0.2) is 40.9 Å².